The van der Waals surface area contributed by atoms with Gasteiger partial charge in [0.05, 0.1) is 27.3 Å². The van der Waals surface area contributed by atoms with E-state index in [-0.39, 0.29) is 24.4 Å². The van der Waals surface area contributed by atoms with E-state index in [4.69, 9.17) is 9.47 Å². The molecule has 1 aliphatic carbocycles. The number of hydrogen-bond donors (Lipinski definition) is 1. The van der Waals surface area contributed by atoms with Crippen LogP contribution in [0.15, 0.2) is 48.5 Å². The first-order valence-corrected chi connectivity index (χ1v) is 12.4. The third kappa shape index (κ3) is 4.03. The quantitative estimate of drug-likeness (QED) is 0.569. The molecule has 1 atom stereocenters. The highest BCUT2D eigenvalue weighted by atomic mass is 16.5. The maximum atomic E-state index is 14.0. The molecule has 5 rings (SSSR count). The summed E-state index contributed by atoms with van der Waals surface area (Å²) in [5, 5.41) is 4.28. The largest absolute Gasteiger partial charge is 0.493 e. The Bertz CT molecular complexity index is 1260. The van der Waals surface area contributed by atoms with Crippen LogP contribution in [-0.4, -0.2) is 47.1 Å². The molecule has 2 amide bonds. The SMILES string of the molecule is COc1cccc(CN2C(=O)c3cc4ccccc4n3CC2(C)C(=O)NC2CCCCC2)c1OC. The van der Waals surface area contributed by atoms with Gasteiger partial charge in [0.2, 0.25) is 5.91 Å². The number of nitrogens with zero attached hydrogens (tertiary/aromatic N) is 2. The molecule has 3 aromatic rings. The molecular weight excluding hydrogens is 442 g/mol. The molecule has 1 aromatic heterocycles. The van der Waals surface area contributed by atoms with Crippen LogP contribution >= 0.6 is 0 Å². The summed E-state index contributed by atoms with van der Waals surface area (Å²) >= 11 is 0. The second-order valence-corrected chi connectivity index (χ2v) is 9.80. The first kappa shape index (κ1) is 23.3. The third-order valence-electron chi connectivity index (χ3n) is 7.58. The molecule has 7 nitrogen and oxygen atoms in total. The number of hydrogen-bond acceptors (Lipinski definition) is 4. The van der Waals surface area contributed by atoms with Crippen molar-refractivity contribution in [3.8, 4) is 11.5 Å². The van der Waals surface area contributed by atoms with Crippen molar-refractivity contribution >= 4 is 22.7 Å². The highest BCUT2D eigenvalue weighted by molar-refractivity contribution is 6.03. The van der Waals surface area contributed by atoms with E-state index in [0.29, 0.717) is 23.7 Å². The van der Waals surface area contributed by atoms with Crippen LogP contribution in [0, 0.1) is 0 Å². The Kier molecular flexibility index (Phi) is 6.17. The zero-order valence-electron chi connectivity index (χ0n) is 20.7. The van der Waals surface area contributed by atoms with E-state index >= 15 is 0 Å². The van der Waals surface area contributed by atoms with Gasteiger partial charge in [-0.15, -0.1) is 0 Å². The van der Waals surface area contributed by atoms with E-state index < -0.39 is 5.54 Å². The van der Waals surface area contributed by atoms with Crippen LogP contribution in [0.1, 0.15) is 55.1 Å². The Balaban J connectivity index is 1.58. The van der Waals surface area contributed by atoms with Crippen molar-refractivity contribution in [2.75, 3.05) is 14.2 Å². The summed E-state index contributed by atoms with van der Waals surface area (Å²) in [5.41, 5.74) is 1.28. The minimum atomic E-state index is -1.07. The van der Waals surface area contributed by atoms with E-state index in [1.807, 2.05) is 60.0 Å². The molecule has 1 saturated carbocycles. The molecule has 1 unspecified atom stereocenters. The van der Waals surface area contributed by atoms with Crippen LogP contribution in [0.5, 0.6) is 11.5 Å². The van der Waals surface area contributed by atoms with Crippen LogP contribution in [-0.2, 0) is 17.9 Å². The molecule has 0 saturated heterocycles. The van der Waals surface area contributed by atoms with Gasteiger partial charge in [-0.1, -0.05) is 49.6 Å². The maximum absolute atomic E-state index is 14.0. The Morgan fingerprint density at radius 2 is 1.83 bits per heavy atom. The van der Waals surface area contributed by atoms with Gasteiger partial charge in [-0.25, -0.2) is 0 Å². The molecule has 0 spiro atoms. The van der Waals surface area contributed by atoms with Gasteiger partial charge >= 0.3 is 0 Å². The minimum Gasteiger partial charge on any atom is -0.493 e. The van der Waals surface area contributed by atoms with Crippen LogP contribution < -0.4 is 14.8 Å². The van der Waals surface area contributed by atoms with Crippen LogP contribution in [0.2, 0.25) is 0 Å². The number of fused-ring (bicyclic) bond motifs is 3. The normalized spacial score (nSPS) is 20.5. The van der Waals surface area contributed by atoms with Crippen molar-refractivity contribution in [1.29, 1.82) is 0 Å². The summed E-state index contributed by atoms with van der Waals surface area (Å²) in [6.45, 7) is 2.50. The number of carbonyl (C=O) groups is 2. The average molecular weight is 476 g/mol. The predicted molar refractivity (Wildman–Crippen MR) is 135 cm³/mol. The summed E-state index contributed by atoms with van der Waals surface area (Å²) in [6.07, 6.45) is 5.42. The molecule has 2 aromatic carbocycles. The summed E-state index contributed by atoms with van der Waals surface area (Å²) in [4.78, 5) is 29.6. The average Bonchev–Trinajstić information content (AvgIpc) is 3.25. The minimum absolute atomic E-state index is 0.108. The monoisotopic (exact) mass is 475 g/mol. The standard InChI is InChI=1S/C28H33N3O4/c1-28(27(33)29-21-12-5-4-6-13-21)18-30-22-14-8-7-10-19(22)16-23(30)26(32)31(28)17-20-11-9-15-24(34-2)25(20)35-3/h7-11,14-16,21H,4-6,12-13,17-18H2,1-3H3,(H,29,33). The van der Waals surface area contributed by atoms with Gasteiger partial charge in [-0.3, -0.25) is 9.59 Å². The molecule has 7 heteroatoms. The number of benzene rings is 2. The number of carbonyl (C=O) groups excluding carboxylic acids is 2. The molecule has 1 fully saturated rings. The number of nitrogens with one attached hydrogen (secondary N) is 1. The van der Waals surface area contributed by atoms with Crippen LogP contribution in [0.3, 0.4) is 0 Å². The topological polar surface area (TPSA) is 72.8 Å². The molecule has 0 radical (unpaired) electrons. The number of para-hydroxylation sites is 2. The number of ether oxygens (including phenoxy) is 2. The summed E-state index contributed by atoms with van der Waals surface area (Å²) < 4.78 is 13.1. The van der Waals surface area contributed by atoms with Gasteiger partial charge < -0.3 is 24.3 Å². The summed E-state index contributed by atoms with van der Waals surface area (Å²) in [7, 11) is 3.18. The van der Waals surface area contributed by atoms with Gasteiger partial charge in [0.15, 0.2) is 11.5 Å². The molecule has 1 N–H and O–H groups in total. The molecule has 1 aliphatic heterocycles. The van der Waals surface area contributed by atoms with Gasteiger partial charge in [-0.2, -0.15) is 0 Å². The molecular formula is C28H33N3O4. The van der Waals surface area contributed by atoms with Crippen molar-refractivity contribution in [3.63, 3.8) is 0 Å². The van der Waals surface area contributed by atoms with Gasteiger partial charge in [0, 0.05) is 22.5 Å². The van der Waals surface area contributed by atoms with Crippen molar-refractivity contribution in [2.45, 2.75) is 63.7 Å². The van der Waals surface area contributed by atoms with Crippen molar-refractivity contribution in [3.05, 3.63) is 59.8 Å². The van der Waals surface area contributed by atoms with E-state index in [1.165, 1.54) is 6.42 Å². The molecule has 2 aliphatic rings. The lowest BCUT2D eigenvalue weighted by Gasteiger charge is -2.45. The third-order valence-corrected chi connectivity index (χ3v) is 7.58. The molecule has 0 bridgehead atoms. The van der Waals surface area contributed by atoms with Gasteiger partial charge in [0.25, 0.3) is 5.91 Å². The second-order valence-electron chi connectivity index (χ2n) is 9.80. The maximum Gasteiger partial charge on any atom is 0.271 e. The lowest BCUT2D eigenvalue weighted by atomic mass is 9.91. The van der Waals surface area contributed by atoms with Gasteiger partial charge in [-0.05, 0) is 38.0 Å². The van der Waals surface area contributed by atoms with E-state index in [1.54, 1.807) is 19.1 Å². The molecule has 184 valence electrons. The fraction of sp³-hybridized carbons (Fsp3) is 0.429. The fourth-order valence-corrected chi connectivity index (χ4v) is 5.59. The number of methoxy groups -OCH3 is 2. The molecule has 2 heterocycles. The highest BCUT2D eigenvalue weighted by Gasteiger charge is 2.48. The van der Waals surface area contributed by atoms with Gasteiger partial charge in [0.1, 0.15) is 11.2 Å². The lowest BCUT2D eigenvalue weighted by molar-refractivity contribution is -0.134. The Hall–Kier alpha value is -3.48. The van der Waals surface area contributed by atoms with E-state index in [2.05, 4.69) is 5.32 Å². The van der Waals surface area contributed by atoms with Crippen molar-refractivity contribution in [2.24, 2.45) is 0 Å². The smallest absolute Gasteiger partial charge is 0.271 e. The number of aromatic nitrogens is 1. The first-order chi connectivity index (χ1) is 17.0. The Labute approximate surface area is 206 Å². The molecule has 35 heavy (non-hydrogen) atoms. The van der Waals surface area contributed by atoms with Crippen molar-refractivity contribution < 1.29 is 19.1 Å². The second kappa shape index (κ2) is 9.29. The Morgan fingerprint density at radius 3 is 2.57 bits per heavy atom. The Morgan fingerprint density at radius 1 is 1.06 bits per heavy atom. The predicted octanol–water partition coefficient (Wildman–Crippen LogP) is 4.52. The highest BCUT2D eigenvalue weighted by Crippen LogP contribution is 2.37. The zero-order valence-corrected chi connectivity index (χ0v) is 20.7. The first-order valence-electron chi connectivity index (χ1n) is 12.4. The van der Waals surface area contributed by atoms with Crippen LogP contribution in [0.4, 0.5) is 0 Å². The zero-order chi connectivity index (χ0) is 24.6. The fourth-order valence-electron chi connectivity index (χ4n) is 5.59. The summed E-state index contributed by atoms with van der Waals surface area (Å²) in [5.74, 6) is 0.891. The summed E-state index contributed by atoms with van der Waals surface area (Å²) in [6, 6.07) is 15.6. The number of amides is 2. The lowest BCUT2D eigenvalue weighted by Crippen LogP contribution is -2.64. The van der Waals surface area contributed by atoms with Crippen molar-refractivity contribution in [1.82, 2.24) is 14.8 Å². The van der Waals surface area contributed by atoms with E-state index in [0.717, 1.165) is 42.1 Å². The number of rotatable bonds is 6. The van der Waals surface area contributed by atoms with Crippen LogP contribution in [0.25, 0.3) is 10.9 Å². The van der Waals surface area contributed by atoms with E-state index in [9.17, 15) is 9.59 Å².